The smallest absolute Gasteiger partial charge is 0.0980 e. The maximum absolute atomic E-state index is 6.39. The van der Waals surface area contributed by atoms with Crippen molar-refractivity contribution in [2.45, 2.75) is 64.2 Å². The Morgan fingerprint density at radius 2 is 2.00 bits per heavy atom. The lowest BCUT2D eigenvalue weighted by atomic mass is 9.87. The summed E-state index contributed by atoms with van der Waals surface area (Å²) in [6.07, 6.45) is 9.96. The summed E-state index contributed by atoms with van der Waals surface area (Å²) < 4.78 is 6.39. The Labute approximate surface area is 116 Å². The summed E-state index contributed by atoms with van der Waals surface area (Å²) >= 11 is 0. The molecule has 1 aliphatic carbocycles. The van der Waals surface area contributed by atoms with Crippen molar-refractivity contribution in [2.24, 2.45) is 11.7 Å². The van der Waals surface area contributed by atoms with E-state index in [1.54, 1.807) is 0 Å². The molecule has 4 unspecified atom stereocenters. The van der Waals surface area contributed by atoms with Gasteiger partial charge in [-0.05, 0) is 42.9 Å². The zero-order valence-corrected chi connectivity index (χ0v) is 12.1. The predicted molar refractivity (Wildman–Crippen MR) is 77.7 cm³/mol. The molecule has 1 aromatic heterocycles. The molecule has 0 aliphatic heterocycles. The van der Waals surface area contributed by atoms with Gasteiger partial charge in [0.25, 0.3) is 0 Å². The van der Waals surface area contributed by atoms with Gasteiger partial charge in [-0.15, -0.1) is 0 Å². The number of nitrogens with two attached hydrogens (primary N) is 1. The van der Waals surface area contributed by atoms with Crippen LogP contribution in [0, 0.1) is 5.92 Å². The van der Waals surface area contributed by atoms with E-state index in [2.05, 4.69) is 18.8 Å². The van der Waals surface area contributed by atoms with Gasteiger partial charge in [-0.25, -0.2) is 0 Å². The molecule has 1 aromatic rings. The van der Waals surface area contributed by atoms with Crippen LogP contribution in [0.3, 0.4) is 0 Å². The number of aromatic nitrogens is 1. The molecule has 1 saturated carbocycles. The highest BCUT2D eigenvalue weighted by Gasteiger charge is 2.28. The second kappa shape index (κ2) is 7.01. The van der Waals surface area contributed by atoms with Crippen LogP contribution in [0.25, 0.3) is 0 Å². The third-order valence-electron chi connectivity index (χ3n) is 4.25. The Morgan fingerprint density at radius 3 is 2.63 bits per heavy atom. The summed E-state index contributed by atoms with van der Waals surface area (Å²) in [5, 5.41) is 0. The monoisotopic (exact) mass is 262 g/mol. The maximum Gasteiger partial charge on any atom is 0.0980 e. The molecule has 0 bridgehead atoms. The van der Waals surface area contributed by atoms with Crippen molar-refractivity contribution < 1.29 is 4.74 Å². The van der Waals surface area contributed by atoms with E-state index >= 15 is 0 Å². The van der Waals surface area contributed by atoms with Gasteiger partial charge in [0.1, 0.15) is 0 Å². The molecule has 2 N–H and O–H groups in total. The van der Waals surface area contributed by atoms with E-state index in [0.29, 0.717) is 12.0 Å². The van der Waals surface area contributed by atoms with Crippen molar-refractivity contribution in [2.75, 3.05) is 0 Å². The van der Waals surface area contributed by atoms with Crippen molar-refractivity contribution in [3.63, 3.8) is 0 Å². The lowest BCUT2D eigenvalue weighted by molar-refractivity contribution is -0.0677. The first kappa shape index (κ1) is 14.5. The second-order valence-electron chi connectivity index (χ2n) is 5.71. The zero-order valence-electron chi connectivity index (χ0n) is 12.1. The van der Waals surface area contributed by atoms with E-state index in [9.17, 15) is 0 Å². The quantitative estimate of drug-likeness (QED) is 0.884. The average molecular weight is 262 g/mol. The second-order valence-corrected chi connectivity index (χ2v) is 5.71. The van der Waals surface area contributed by atoms with Crippen LogP contribution < -0.4 is 5.73 Å². The molecule has 3 nitrogen and oxygen atoms in total. The number of pyridine rings is 1. The molecule has 106 valence electrons. The highest BCUT2D eigenvalue weighted by atomic mass is 16.5. The summed E-state index contributed by atoms with van der Waals surface area (Å²) in [5.74, 6) is 0.641. The minimum atomic E-state index is -0.00134. The molecule has 0 spiro atoms. The van der Waals surface area contributed by atoms with Crippen molar-refractivity contribution >= 4 is 0 Å². The third kappa shape index (κ3) is 3.77. The first-order valence-electron chi connectivity index (χ1n) is 7.53. The summed E-state index contributed by atoms with van der Waals surface area (Å²) in [6, 6.07) is 4.10. The van der Waals surface area contributed by atoms with Crippen molar-refractivity contribution in [1.29, 1.82) is 0 Å². The molecule has 1 aliphatic rings. The molecule has 2 rings (SSSR count). The SMILES string of the molecule is CCC(N)C(OC1CCCCC1C)c1ccncc1. The molecule has 0 radical (unpaired) electrons. The number of nitrogens with zero attached hydrogens (tertiary/aromatic N) is 1. The van der Waals surface area contributed by atoms with Crippen LogP contribution in [0.5, 0.6) is 0 Å². The van der Waals surface area contributed by atoms with Crippen molar-refractivity contribution in [3.05, 3.63) is 30.1 Å². The molecule has 19 heavy (non-hydrogen) atoms. The van der Waals surface area contributed by atoms with Crippen LogP contribution in [0.2, 0.25) is 0 Å². The minimum absolute atomic E-state index is 0.00134. The fraction of sp³-hybridized carbons (Fsp3) is 0.688. The van der Waals surface area contributed by atoms with Crippen LogP contribution in [0.1, 0.15) is 57.6 Å². The van der Waals surface area contributed by atoms with Gasteiger partial charge in [-0.1, -0.05) is 26.7 Å². The van der Waals surface area contributed by atoms with E-state index in [-0.39, 0.29) is 12.1 Å². The summed E-state index contributed by atoms with van der Waals surface area (Å²) in [7, 11) is 0. The van der Waals surface area contributed by atoms with E-state index in [1.165, 1.54) is 25.7 Å². The fourth-order valence-electron chi connectivity index (χ4n) is 2.87. The van der Waals surface area contributed by atoms with Gasteiger partial charge >= 0.3 is 0 Å². The summed E-state index contributed by atoms with van der Waals surface area (Å²) in [5.41, 5.74) is 7.42. The molecule has 3 heteroatoms. The molecular weight excluding hydrogens is 236 g/mol. The van der Waals surface area contributed by atoms with Crippen LogP contribution in [-0.2, 0) is 4.74 Å². The molecular formula is C16H26N2O. The lowest BCUT2D eigenvalue weighted by Crippen LogP contribution is -2.35. The van der Waals surface area contributed by atoms with E-state index in [0.717, 1.165) is 12.0 Å². The summed E-state index contributed by atoms with van der Waals surface area (Å²) in [4.78, 5) is 4.08. The van der Waals surface area contributed by atoms with Gasteiger partial charge < -0.3 is 10.5 Å². The van der Waals surface area contributed by atoms with Gasteiger partial charge in [-0.2, -0.15) is 0 Å². The number of ether oxygens (including phenoxy) is 1. The predicted octanol–water partition coefficient (Wildman–Crippen LogP) is 3.46. The largest absolute Gasteiger partial charge is 0.368 e. The Balaban J connectivity index is 2.10. The maximum atomic E-state index is 6.39. The summed E-state index contributed by atoms with van der Waals surface area (Å²) in [6.45, 7) is 4.41. The van der Waals surface area contributed by atoms with Gasteiger partial charge in [0.2, 0.25) is 0 Å². The number of hydrogen-bond acceptors (Lipinski definition) is 3. The van der Waals surface area contributed by atoms with Gasteiger partial charge in [0.05, 0.1) is 12.2 Å². The molecule has 4 atom stereocenters. The van der Waals surface area contributed by atoms with E-state index in [4.69, 9.17) is 10.5 Å². The molecule has 0 saturated heterocycles. The standard InChI is InChI=1S/C16H26N2O/c1-3-14(17)16(13-8-10-18-11-9-13)19-15-7-5-4-6-12(15)2/h8-12,14-16H,3-7,17H2,1-2H3. The normalized spacial score (nSPS) is 26.9. The van der Waals surface area contributed by atoms with E-state index < -0.39 is 0 Å². The molecule has 1 heterocycles. The molecule has 1 fully saturated rings. The Kier molecular flexibility index (Phi) is 5.34. The number of hydrogen-bond donors (Lipinski definition) is 1. The first-order chi connectivity index (χ1) is 9.22. The van der Waals surface area contributed by atoms with Gasteiger partial charge in [-0.3, -0.25) is 4.98 Å². The fourth-order valence-corrected chi connectivity index (χ4v) is 2.87. The van der Waals surface area contributed by atoms with Crippen LogP contribution >= 0.6 is 0 Å². The Hall–Kier alpha value is -0.930. The zero-order chi connectivity index (χ0) is 13.7. The van der Waals surface area contributed by atoms with Crippen LogP contribution in [-0.4, -0.2) is 17.1 Å². The van der Waals surface area contributed by atoms with E-state index in [1.807, 2.05) is 24.5 Å². The number of rotatable bonds is 5. The first-order valence-corrected chi connectivity index (χ1v) is 7.53. The minimum Gasteiger partial charge on any atom is -0.368 e. The Morgan fingerprint density at radius 1 is 1.32 bits per heavy atom. The van der Waals surface area contributed by atoms with Crippen LogP contribution in [0.4, 0.5) is 0 Å². The highest BCUT2D eigenvalue weighted by Crippen LogP contribution is 2.32. The van der Waals surface area contributed by atoms with Gasteiger partial charge in [0.15, 0.2) is 0 Å². The molecule has 0 amide bonds. The third-order valence-corrected chi connectivity index (χ3v) is 4.25. The molecule has 0 aromatic carbocycles. The average Bonchev–Trinajstić information content (AvgIpc) is 2.46. The topological polar surface area (TPSA) is 48.1 Å². The lowest BCUT2D eigenvalue weighted by Gasteiger charge is -2.34. The van der Waals surface area contributed by atoms with Crippen LogP contribution in [0.15, 0.2) is 24.5 Å². The van der Waals surface area contributed by atoms with Crippen molar-refractivity contribution in [1.82, 2.24) is 4.98 Å². The van der Waals surface area contributed by atoms with Crippen molar-refractivity contribution in [3.8, 4) is 0 Å². The Bertz CT molecular complexity index is 368. The highest BCUT2D eigenvalue weighted by molar-refractivity contribution is 5.15. The van der Waals surface area contributed by atoms with Gasteiger partial charge in [0, 0.05) is 18.4 Å².